The maximum Gasteiger partial charge on any atom is 0.271 e. The van der Waals surface area contributed by atoms with Crippen molar-refractivity contribution in [3.63, 3.8) is 0 Å². The number of pyridine rings is 1. The summed E-state index contributed by atoms with van der Waals surface area (Å²) in [5, 5.41) is 2.54. The molecule has 1 fully saturated rings. The molecule has 1 N–H and O–H groups in total. The van der Waals surface area contributed by atoms with Gasteiger partial charge >= 0.3 is 0 Å². The molecule has 7 nitrogen and oxygen atoms in total. The highest BCUT2D eigenvalue weighted by Crippen LogP contribution is 2.18. The van der Waals surface area contributed by atoms with E-state index in [1.54, 1.807) is 6.92 Å². The lowest BCUT2D eigenvalue weighted by Gasteiger charge is -2.16. The van der Waals surface area contributed by atoms with Gasteiger partial charge in [0.05, 0.1) is 0 Å². The predicted molar refractivity (Wildman–Crippen MR) is 98.5 cm³/mol. The number of carbonyl (C=O) groups excluding carboxylic acids is 1. The van der Waals surface area contributed by atoms with E-state index in [1.165, 1.54) is 40.8 Å². The van der Waals surface area contributed by atoms with Crippen LogP contribution < -0.4 is 10.9 Å². The molecule has 2 aromatic rings. The molecular formula is C18H20FN3O4S. The molecule has 0 atom stereocenters. The number of nitrogens with zero attached hydrogens (tertiary/aromatic N) is 2. The lowest BCUT2D eigenvalue weighted by molar-refractivity contribution is -0.116. The highest BCUT2D eigenvalue weighted by Gasteiger charge is 2.30. The molecule has 1 saturated heterocycles. The van der Waals surface area contributed by atoms with E-state index < -0.39 is 27.3 Å². The summed E-state index contributed by atoms with van der Waals surface area (Å²) < 4.78 is 40.9. The molecule has 0 aliphatic carbocycles. The first kappa shape index (κ1) is 19.2. The molecule has 1 aromatic carbocycles. The third-order valence-corrected chi connectivity index (χ3v) is 6.37. The highest BCUT2D eigenvalue weighted by molar-refractivity contribution is 7.89. The summed E-state index contributed by atoms with van der Waals surface area (Å²) in [7, 11) is -3.88. The van der Waals surface area contributed by atoms with Gasteiger partial charge in [-0.25, -0.2) is 12.8 Å². The maximum atomic E-state index is 13.3. The van der Waals surface area contributed by atoms with Gasteiger partial charge in [-0.3, -0.25) is 9.59 Å². The number of anilines is 1. The summed E-state index contributed by atoms with van der Waals surface area (Å²) in [6.45, 7) is 2.11. The zero-order valence-corrected chi connectivity index (χ0v) is 15.6. The van der Waals surface area contributed by atoms with E-state index in [1.807, 2.05) is 0 Å². The van der Waals surface area contributed by atoms with Crippen LogP contribution in [-0.4, -0.2) is 36.3 Å². The van der Waals surface area contributed by atoms with E-state index in [0.717, 1.165) is 17.4 Å². The van der Waals surface area contributed by atoms with Crippen molar-refractivity contribution in [3.05, 3.63) is 58.3 Å². The largest absolute Gasteiger partial charge is 0.324 e. The number of hydrogen-bond donors (Lipinski definition) is 1. The molecule has 144 valence electrons. The third kappa shape index (κ3) is 4.09. The SMILES string of the molecule is Cc1ccc(F)cc1NC(=O)Cn1cccc(S(=O)(=O)N2CCCC2)c1=O. The first-order valence-electron chi connectivity index (χ1n) is 8.54. The molecule has 1 amide bonds. The van der Waals surface area contributed by atoms with E-state index in [9.17, 15) is 22.4 Å². The number of benzene rings is 1. The number of amides is 1. The maximum absolute atomic E-state index is 13.3. The standard InChI is InChI=1S/C18H20FN3O4S/c1-13-6-7-14(19)11-15(13)20-17(23)12-21-8-4-5-16(18(21)24)27(25,26)22-9-2-3-10-22/h4-8,11H,2-3,9-10,12H2,1H3,(H,20,23). The minimum Gasteiger partial charge on any atom is -0.324 e. The quantitative estimate of drug-likeness (QED) is 0.838. The Bertz CT molecular complexity index is 1030. The molecule has 1 aliphatic rings. The van der Waals surface area contributed by atoms with Gasteiger partial charge in [0.25, 0.3) is 5.56 Å². The van der Waals surface area contributed by atoms with E-state index >= 15 is 0 Å². The minimum atomic E-state index is -3.88. The van der Waals surface area contributed by atoms with Crippen molar-refractivity contribution in [2.45, 2.75) is 31.2 Å². The van der Waals surface area contributed by atoms with Crippen LogP contribution in [0, 0.1) is 12.7 Å². The fraction of sp³-hybridized carbons (Fsp3) is 0.333. The van der Waals surface area contributed by atoms with Crippen molar-refractivity contribution in [1.82, 2.24) is 8.87 Å². The summed E-state index contributed by atoms with van der Waals surface area (Å²) >= 11 is 0. The van der Waals surface area contributed by atoms with Gasteiger partial charge in [-0.15, -0.1) is 0 Å². The first-order chi connectivity index (χ1) is 12.8. The number of hydrogen-bond acceptors (Lipinski definition) is 4. The van der Waals surface area contributed by atoms with Crippen LogP contribution in [0.3, 0.4) is 0 Å². The molecule has 0 bridgehead atoms. The van der Waals surface area contributed by atoms with Crippen LogP contribution in [0.4, 0.5) is 10.1 Å². The Kier molecular flexibility index (Phi) is 5.43. The number of aromatic nitrogens is 1. The Labute approximate surface area is 156 Å². The van der Waals surface area contributed by atoms with Crippen LogP contribution >= 0.6 is 0 Å². The molecule has 1 aromatic heterocycles. The molecule has 3 rings (SSSR count). The Hall–Kier alpha value is -2.52. The monoisotopic (exact) mass is 393 g/mol. The number of aryl methyl sites for hydroxylation is 1. The Morgan fingerprint density at radius 3 is 2.63 bits per heavy atom. The Morgan fingerprint density at radius 1 is 1.22 bits per heavy atom. The minimum absolute atomic E-state index is 0.300. The summed E-state index contributed by atoms with van der Waals surface area (Å²) in [6.07, 6.45) is 2.87. The number of sulfonamides is 1. The van der Waals surface area contributed by atoms with Crippen molar-refractivity contribution in [2.75, 3.05) is 18.4 Å². The molecular weight excluding hydrogens is 373 g/mol. The number of rotatable bonds is 5. The second-order valence-corrected chi connectivity index (χ2v) is 8.33. The second-order valence-electron chi connectivity index (χ2n) is 6.42. The van der Waals surface area contributed by atoms with Gasteiger partial charge in [0, 0.05) is 25.0 Å². The molecule has 9 heteroatoms. The highest BCUT2D eigenvalue weighted by atomic mass is 32.2. The smallest absolute Gasteiger partial charge is 0.271 e. The topological polar surface area (TPSA) is 88.5 Å². The normalized spacial score (nSPS) is 15.0. The lowest BCUT2D eigenvalue weighted by atomic mass is 10.2. The predicted octanol–water partition coefficient (Wildman–Crippen LogP) is 1.72. The van der Waals surface area contributed by atoms with Gasteiger partial charge in [0.2, 0.25) is 15.9 Å². The zero-order chi connectivity index (χ0) is 19.6. The van der Waals surface area contributed by atoms with Crippen LogP contribution in [0.15, 0.2) is 46.2 Å². The molecule has 0 radical (unpaired) electrons. The fourth-order valence-electron chi connectivity index (χ4n) is 2.98. The van der Waals surface area contributed by atoms with Gasteiger partial charge in [-0.1, -0.05) is 6.07 Å². The van der Waals surface area contributed by atoms with Crippen LogP contribution in [0.25, 0.3) is 0 Å². The molecule has 2 heterocycles. The summed E-state index contributed by atoms with van der Waals surface area (Å²) in [6, 6.07) is 6.67. The summed E-state index contributed by atoms with van der Waals surface area (Å²) in [5.41, 5.74) is 0.215. The van der Waals surface area contributed by atoms with Crippen molar-refractivity contribution in [2.24, 2.45) is 0 Å². The number of halogens is 1. The van der Waals surface area contributed by atoms with Gasteiger partial charge in [0.15, 0.2) is 0 Å². The zero-order valence-electron chi connectivity index (χ0n) is 14.8. The van der Waals surface area contributed by atoms with Crippen molar-refractivity contribution < 1.29 is 17.6 Å². The van der Waals surface area contributed by atoms with Gasteiger partial charge < -0.3 is 9.88 Å². The fourth-order valence-corrected chi connectivity index (χ4v) is 4.58. The molecule has 0 saturated carbocycles. The van der Waals surface area contributed by atoms with Crippen LogP contribution in [0.1, 0.15) is 18.4 Å². The molecule has 0 spiro atoms. The number of carbonyl (C=O) groups is 1. The Morgan fingerprint density at radius 2 is 1.93 bits per heavy atom. The van der Waals surface area contributed by atoms with E-state index in [0.29, 0.717) is 24.3 Å². The van der Waals surface area contributed by atoms with E-state index in [-0.39, 0.29) is 11.4 Å². The van der Waals surface area contributed by atoms with Gasteiger partial charge in [0.1, 0.15) is 17.3 Å². The number of nitrogens with one attached hydrogen (secondary N) is 1. The average molecular weight is 393 g/mol. The summed E-state index contributed by atoms with van der Waals surface area (Å²) in [4.78, 5) is 24.5. The van der Waals surface area contributed by atoms with Gasteiger partial charge in [-0.2, -0.15) is 4.31 Å². The van der Waals surface area contributed by atoms with Crippen molar-refractivity contribution in [3.8, 4) is 0 Å². The Balaban J connectivity index is 1.83. The molecule has 1 aliphatic heterocycles. The van der Waals surface area contributed by atoms with E-state index in [2.05, 4.69) is 5.32 Å². The average Bonchev–Trinajstić information content (AvgIpc) is 3.15. The first-order valence-corrected chi connectivity index (χ1v) is 9.98. The van der Waals surface area contributed by atoms with Crippen molar-refractivity contribution in [1.29, 1.82) is 0 Å². The lowest BCUT2D eigenvalue weighted by Crippen LogP contribution is -2.36. The van der Waals surface area contributed by atoms with Gasteiger partial charge in [-0.05, 0) is 49.6 Å². The van der Waals surface area contributed by atoms with E-state index in [4.69, 9.17) is 0 Å². The van der Waals surface area contributed by atoms with Crippen LogP contribution in [0.5, 0.6) is 0 Å². The molecule has 27 heavy (non-hydrogen) atoms. The summed E-state index contributed by atoms with van der Waals surface area (Å²) in [5.74, 6) is -1.05. The van der Waals surface area contributed by atoms with Crippen LogP contribution in [0.2, 0.25) is 0 Å². The van der Waals surface area contributed by atoms with Crippen LogP contribution in [-0.2, 0) is 21.4 Å². The molecule has 0 unspecified atom stereocenters. The van der Waals surface area contributed by atoms with Crippen molar-refractivity contribution >= 4 is 21.6 Å². The third-order valence-electron chi connectivity index (χ3n) is 4.46. The second kappa shape index (κ2) is 7.61.